The Kier molecular flexibility index (Phi) is 5.02. The number of hydrogen-bond acceptors (Lipinski definition) is 2. The third-order valence-electron chi connectivity index (χ3n) is 6.04. The van der Waals surface area contributed by atoms with Gasteiger partial charge in [0.05, 0.1) is 11.7 Å². The number of rotatable bonds is 4. The molecule has 3 aromatic rings. The molecule has 148 valence electrons. The zero-order chi connectivity index (χ0) is 19.8. The van der Waals surface area contributed by atoms with Crippen LogP contribution in [-0.2, 0) is 0 Å². The van der Waals surface area contributed by atoms with E-state index in [1.807, 2.05) is 42.6 Å². The van der Waals surface area contributed by atoms with E-state index < -0.39 is 0 Å². The average molecular weight is 423 g/mol. The van der Waals surface area contributed by atoms with E-state index in [0.29, 0.717) is 11.2 Å². The van der Waals surface area contributed by atoms with Crippen LogP contribution < -0.4 is 10.2 Å². The molecule has 2 aromatic heterocycles. The number of anilines is 1. The summed E-state index contributed by atoms with van der Waals surface area (Å²) in [6.07, 6.45) is 9.14. The fourth-order valence-corrected chi connectivity index (χ4v) is 5.18. The molecule has 3 heterocycles. The van der Waals surface area contributed by atoms with Gasteiger partial charge in [-0.2, -0.15) is 0 Å². The minimum absolute atomic E-state index is 0.0190. The average Bonchev–Trinajstić information content (AvgIpc) is 3.48. The van der Waals surface area contributed by atoms with E-state index in [4.69, 9.17) is 23.8 Å². The summed E-state index contributed by atoms with van der Waals surface area (Å²) in [6.45, 7) is 0. The molecule has 1 N–H and O–H groups in total. The van der Waals surface area contributed by atoms with Gasteiger partial charge in [-0.3, -0.25) is 4.98 Å². The molecule has 2 aliphatic rings. The Morgan fingerprint density at radius 2 is 1.79 bits per heavy atom. The number of halogens is 1. The highest BCUT2D eigenvalue weighted by molar-refractivity contribution is 7.80. The Labute approximate surface area is 181 Å². The van der Waals surface area contributed by atoms with Gasteiger partial charge in [-0.1, -0.05) is 30.5 Å². The summed E-state index contributed by atoms with van der Waals surface area (Å²) < 4.78 is 2.46. The van der Waals surface area contributed by atoms with Crippen LogP contribution in [0, 0.1) is 0 Å². The monoisotopic (exact) mass is 422 g/mol. The maximum atomic E-state index is 6.15. The van der Waals surface area contributed by atoms with Crippen LogP contribution in [0.25, 0.3) is 0 Å². The summed E-state index contributed by atoms with van der Waals surface area (Å²) >= 11 is 12.0. The molecule has 1 aromatic carbocycles. The van der Waals surface area contributed by atoms with Crippen LogP contribution >= 0.6 is 23.8 Å². The van der Waals surface area contributed by atoms with Crippen molar-refractivity contribution in [1.82, 2.24) is 14.9 Å². The van der Waals surface area contributed by atoms with Gasteiger partial charge in [0.1, 0.15) is 6.04 Å². The smallest absolute Gasteiger partial charge is 0.174 e. The van der Waals surface area contributed by atoms with Gasteiger partial charge in [-0.25, -0.2) is 0 Å². The lowest BCUT2D eigenvalue weighted by molar-refractivity contribution is 0.461. The van der Waals surface area contributed by atoms with E-state index in [9.17, 15) is 0 Å². The molecule has 5 rings (SSSR count). The highest BCUT2D eigenvalue weighted by atomic mass is 35.5. The largest absolute Gasteiger partial charge is 0.351 e. The van der Waals surface area contributed by atoms with Gasteiger partial charge in [0.25, 0.3) is 0 Å². The first-order valence-electron chi connectivity index (χ1n) is 10.2. The fraction of sp³-hybridized carbons (Fsp3) is 0.304. The standard InChI is InChI=1S/C23H23ClN4S/c24-16-10-12-18(13-11-16)28-22(20-9-5-15-27(20)17-6-1-2-7-17)21(26-23(28)29)19-8-3-4-14-25-19/h3-5,8-15,17,21-22H,1-2,6-7H2,(H,26,29). The summed E-state index contributed by atoms with van der Waals surface area (Å²) in [4.78, 5) is 6.86. The minimum Gasteiger partial charge on any atom is -0.351 e. The third kappa shape index (κ3) is 3.43. The van der Waals surface area contributed by atoms with Crippen molar-refractivity contribution in [2.24, 2.45) is 0 Å². The summed E-state index contributed by atoms with van der Waals surface area (Å²) in [5.41, 5.74) is 3.31. The highest BCUT2D eigenvalue weighted by Crippen LogP contribution is 2.43. The first-order valence-corrected chi connectivity index (χ1v) is 10.9. The van der Waals surface area contributed by atoms with Crippen LogP contribution in [0.3, 0.4) is 0 Å². The van der Waals surface area contributed by atoms with Crippen LogP contribution in [0.1, 0.15) is 55.2 Å². The number of nitrogens with zero attached hydrogens (tertiary/aromatic N) is 3. The van der Waals surface area contributed by atoms with Crippen LogP contribution in [0.4, 0.5) is 5.69 Å². The molecule has 0 spiro atoms. The van der Waals surface area contributed by atoms with E-state index in [1.165, 1.54) is 31.4 Å². The molecule has 29 heavy (non-hydrogen) atoms. The summed E-state index contributed by atoms with van der Waals surface area (Å²) in [5, 5.41) is 4.97. The lowest BCUT2D eigenvalue weighted by atomic mass is 10.0. The molecule has 2 fully saturated rings. The molecule has 0 radical (unpaired) electrons. The number of benzene rings is 1. The van der Waals surface area contributed by atoms with Gasteiger partial charge >= 0.3 is 0 Å². The molecule has 6 heteroatoms. The molecule has 0 bridgehead atoms. The molecule has 4 nitrogen and oxygen atoms in total. The second kappa shape index (κ2) is 7.81. The molecular weight excluding hydrogens is 400 g/mol. The second-order valence-corrected chi connectivity index (χ2v) is 8.57. The Morgan fingerprint density at radius 3 is 2.52 bits per heavy atom. The van der Waals surface area contributed by atoms with Crippen LogP contribution in [0.5, 0.6) is 0 Å². The van der Waals surface area contributed by atoms with Gasteiger partial charge in [0, 0.05) is 34.8 Å². The minimum atomic E-state index is -0.0190. The van der Waals surface area contributed by atoms with E-state index in [2.05, 4.69) is 44.2 Å². The molecule has 0 amide bonds. The summed E-state index contributed by atoms with van der Waals surface area (Å²) in [6, 6.07) is 18.9. The van der Waals surface area contributed by atoms with Crippen molar-refractivity contribution in [3.63, 3.8) is 0 Å². The Morgan fingerprint density at radius 1 is 1.00 bits per heavy atom. The number of pyridine rings is 1. The van der Waals surface area contributed by atoms with Crippen molar-refractivity contribution >= 4 is 34.6 Å². The third-order valence-corrected chi connectivity index (χ3v) is 6.60. The topological polar surface area (TPSA) is 33.1 Å². The van der Waals surface area contributed by atoms with Crippen molar-refractivity contribution in [1.29, 1.82) is 0 Å². The van der Waals surface area contributed by atoms with Crippen LogP contribution in [0.2, 0.25) is 5.02 Å². The number of hydrogen-bond donors (Lipinski definition) is 1. The summed E-state index contributed by atoms with van der Waals surface area (Å²) in [7, 11) is 0. The van der Waals surface area contributed by atoms with Gasteiger partial charge in [0.2, 0.25) is 0 Å². The second-order valence-electron chi connectivity index (χ2n) is 7.75. The SMILES string of the molecule is S=C1NC(c2ccccn2)C(c2cccn2C2CCCC2)N1c1ccc(Cl)cc1. The Hall–Kier alpha value is -2.37. The van der Waals surface area contributed by atoms with E-state index >= 15 is 0 Å². The summed E-state index contributed by atoms with van der Waals surface area (Å²) in [5.74, 6) is 0. The normalized spacial score (nSPS) is 22.2. The predicted octanol–water partition coefficient (Wildman–Crippen LogP) is 5.83. The van der Waals surface area contributed by atoms with Crippen LogP contribution in [0.15, 0.2) is 67.0 Å². The molecule has 2 unspecified atom stereocenters. The molecular formula is C23H23ClN4S. The number of nitrogens with one attached hydrogen (secondary N) is 1. The maximum absolute atomic E-state index is 6.15. The quantitative estimate of drug-likeness (QED) is 0.536. The van der Waals surface area contributed by atoms with Gasteiger partial charge in [-0.05, 0) is 73.6 Å². The van der Waals surface area contributed by atoms with E-state index in [-0.39, 0.29) is 12.1 Å². The first kappa shape index (κ1) is 18.6. The maximum Gasteiger partial charge on any atom is 0.174 e. The molecule has 2 atom stereocenters. The molecule has 1 aliphatic heterocycles. The van der Waals surface area contributed by atoms with Crippen molar-refractivity contribution in [2.45, 2.75) is 43.8 Å². The highest BCUT2D eigenvalue weighted by Gasteiger charge is 2.42. The van der Waals surface area contributed by atoms with E-state index in [1.54, 1.807) is 0 Å². The zero-order valence-electron chi connectivity index (χ0n) is 16.0. The van der Waals surface area contributed by atoms with Crippen LogP contribution in [-0.4, -0.2) is 14.7 Å². The van der Waals surface area contributed by atoms with Gasteiger partial charge in [0.15, 0.2) is 5.11 Å². The number of thiocarbonyl (C=S) groups is 1. The zero-order valence-corrected chi connectivity index (χ0v) is 17.6. The number of aromatic nitrogens is 2. The molecule has 1 aliphatic carbocycles. The predicted molar refractivity (Wildman–Crippen MR) is 121 cm³/mol. The van der Waals surface area contributed by atoms with Crippen molar-refractivity contribution in [3.8, 4) is 0 Å². The van der Waals surface area contributed by atoms with E-state index in [0.717, 1.165) is 16.4 Å². The van der Waals surface area contributed by atoms with Crippen molar-refractivity contribution < 1.29 is 0 Å². The molecule has 1 saturated heterocycles. The van der Waals surface area contributed by atoms with Gasteiger partial charge < -0.3 is 14.8 Å². The molecule has 1 saturated carbocycles. The van der Waals surface area contributed by atoms with Gasteiger partial charge in [-0.15, -0.1) is 0 Å². The van der Waals surface area contributed by atoms with Crippen molar-refractivity contribution in [3.05, 3.63) is 83.4 Å². The first-order chi connectivity index (χ1) is 14.2. The lowest BCUT2D eigenvalue weighted by Crippen LogP contribution is -2.30. The van der Waals surface area contributed by atoms with Crippen molar-refractivity contribution in [2.75, 3.05) is 4.90 Å². The fourth-order valence-electron chi connectivity index (χ4n) is 4.71. The Bertz CT molecular complexity index is 995. The lowest BCUT2D eigenvalue weighted by Gasteiger charge is -2.30. The Balaban J connectivity index is 1.62.